The quantitative estimate of drug-likeness (QED) is 0.424. The first kappa shape index (κ1) is 24.9. The average Bonchev–Trinajstić information content (AvgIpc) is 3.00. The number of nitrogens with zero attached hydrogens (tertiary/aromatic N) is 2. The van der Waals surface area contributed by atoms with Crippen LogP contribution >= 0.6 is 0 Å². The van der Waals surface area contributed by atoms with Crippen molar-refractivity contribution in [1.82, 2.24) is 4.73 Å². The second-order valence-corrected chi connectivity index (χ2v) is 14.3. The van der Waals surface area contributed by atoms with Gasteiger partial charge in [-0.15, -0.1) is 4.73 Å². The summed E-state index contributed by atoms with van der Waals surface area (Å²) in [6, 6.07) is 7.76. The van der Waals surface area contributed by atoms with E-state index in [0.717, 1.165) is 5.69 Å². The molecule has 1 unspecified atom stereocenters. The third kappa shape index (κ3) is 6.30. The maximum absolute atomic E-state index is 12.5. The van der Waals surface area contributed by atoms with Crippen molar-refractivity contribution >= 4 is 37.6 Å². The number of carbonyl (C=O) groups excluding carboxylic acids is 2. The van der Waals surface area contributed by atoms with Crippen LogP contribution in [0.2, 0.25) is 19.6 Å². The van der Waals surface area contributed by atoms with E-state index in [4.69, 9.17) is 9.57 Å². The van der Waals surface area contributed by atoms with E-state index in [1.54, 1.807) is 12.1 Å². The van der Waals surface area contributed by atoms with Crippen molar-refractivity contribution in [1.29, 1.82) is 0 Å². The highest BCUT2D eigenvalue weighted by Gasteiger charge is 2.26. The van der Waals surface area contributed by atoms with Crippen LogP contribution in [-0.4, -0.2) is 54.9 Å². The SMILES string of the molecule is CC(=Cc1ccc(N(C)C)cc1NC(=O)OC(C)[Si](C)(C)C)C(=O)On1c(O)ccc1O. The largest absolute Gasteiger partial charge is 0.492 e. The molecule has 1 aromatic heterocycles. The third-order valence-corrected chi connectivity index (χ3v) is 7.52. The predicted molar refractivity (Wildman–Crippen MR) is 127 cm³/mol. The maximum Gasteiger partial charge on any atom is 0.411 e. The van der Waals surface area contributed by atoms with Crippen molar-refractivity contribution in [2.24, 2.45) is 0 Å². The second-order valence-electron chi connectivity index (χ2n) is 8.75. The number of nitrogens with one attached hydrogen (secondary N) is 1. The number of ether oxygens (including phenoxy) is 1. The van der Waals surface area contributed by atoms with Crippen molar-refractivity contribution in [2.75, 3.05) is 24.3 Å². The Labute approximate surface area is 188 Å². The minimum absolute atomic E-state index is 0.182. The van der Waals surface area contributed by atoms with Crippen LogP contribution in [0.25, 0.3) is 6.08 Å². The highest BCUT2D eigenvalue weighted by Crippen LogP contribution is 2.26. The van der Waals surface area contributed by atoms with Gasteiger partial charge in [0.1, 0.15) is 0 Å². The lowest BCUT2D eigenvalue weighted by Gasteiger charge is -2.25. The number of benzene rings is 1. The fourth-order valence-corrected chi connectivity index (χ4v) is 2.94. The Kier molecular flexibility index (Phi) is 7.63. The van der Waals surface area contributed by atoms with Gasteiger partial charge in [0.25, 0.3) is 0 Å². The van der Waals surface area contributed by atoms with Gasteiger partial charge in [-0.25, -0.2) is 9.59 Å². The molecule has 0 radical (unpaired) electrons. The predicted octanol–water partition coefficient (Wildman–Crippen LogP) is 3.84. The summed E-state index contributed by atoms with van der Waals surface area (Å²) in [6.07, 6.45) is 0.963. The summed E-state index contributed by atoms with van der Waals surface area (Å²) in [5.41, 5.74) is 1.86. The van der Waals surface area contributed by atoms with Crippen LogP contribution in [0.5, 0.6) is 11.8 Å². The fraction of sp³-hybridized carbons (Fsp3) is 0.364. The lowest BCUT2D eigenvalue weighted by Crippen LogP contribution is -2.40. The summed E-state index contributed by atoms with van der Waals surface area (Å²) in [6.45, 7) is 9.74. The molecule has 3 N–H and O–H groups in total. The smallest absolute Gasteiger partial charge is 0.411 e. The molecule has 1 atom stereocenters. The number of aromatic nitrogens is 1. The molecule has 0 fully saturated rings. The van der Waals surface area contributed by atoms with Gasteiger partial charge in [-0.05, 0) is 37.6 Å². The second kappa shape index (κ2) is 9.82. The zero-order chi connectivity index (χ0) is 24.2. The Balaban J connectivity index is 2.29. The first-order valence-electron chi connectivity index (χ1n) is 10.1. The number of hydrogen-bond acceptors (Lipinski definition) is 7. The molecular weight excluding hydrogens is 430 g/mol. The Morgan fingerprint density at radius 1 is 1.12 bits per heavy atom. The van der Waals surface area contributed by atoms with Crippen LogP contribution in [0.3, 0.4) is 0 Å². The monoisotopic (exact) mass is 461 g/mol. The van der Waals surface area contributed by atoms with Gasteiger partial charge in [0.15, 0.2) is 0 Å². The fourth-order valence-electron chi connectivity index (χ4n) is 2.48. The van der Waals surface area contributed by atoms with Crippen LogP contribution in [0.15, 0.2) is 35.9 Å². The standard InChI is InChI=1S/C22H31N3O6Si/c1-14(21(28)31-25-19(26)10-11-20(25)27)12-16-8-9-17(24(3)4)13-18(16)23-22(29)30-15(2)32(5,6)7/h8-13,15,26-27H,1-7H3,(H,23,29). The minimum Gasteiger partial charge on any atom is -0.492 e. The summed E-state index contributed by atoms with van der Waals surface area (Å²) in [5.74, 6) is -1.62. The Bertz CT molecular complexity index is 1000. The number of amides is 1. The van der Waals surface area contributed by atoms with E-state index in [1.807, 2.05) is 32.0 Å². The van der Waals surface area contributed by atoms with Gasteiger partial charge in [-0.2, -0.15) is 0 Å². The molecule has 2 rings (SSSR count). The van der Waals surface area contributed by atoms with Crippen LogP contribution < -0.4 is 15.1 Å². The molecule has 10 heteroatoms. The first-order chi connectivity index (χ1) is 14.8. The molecule has 0 spiro atoms. The molecule has 0 aliphatic heterocycles. The molecule has 1 amide bonds. The number of aromatic hydroxyl groups is 2. The van der Waals surface area contributed by atoms with Crippen molar-refractivity contribution in [3.8, 4) is 11.8 Å². The Morgan fingerprint density at radius 3 is 2.25 bits per heavy atom. The number of rotatable bonds is 7. The molecule has 0 saturated carbocycles. The van der Waals surface area contributed by atoms with Gasteiger partial charge in [0.2, 0.25) is 11.8 Å². The van der Waals surface area contributed by atoms with Crippen molar-refractivity contribution in [3.63, 3.8) is 0 Å². The Hall–Kier alpha value is -3.40. The zero-order valence-corrected chi connectivity index (χ0v) is 20.5. The molecule has 0 bridgehead atoms. The van der Waals surface area contributed by atoms with E-state index in [-0.39, 0.29) is 11.3 Å². The van der Waals surface area contributed by atoms with Gasteiger partial charge >= 0.3 is 12.1 Å². The highest BCUT2D eigenvalue weighted by molar-refractivity contribution is 6.77. The summed E-state index contributed by atoms with van der Waals surface area (Å²) in [4.78, 5) is 31.8. The van der Waals surface area contributed by atoms with Gasteiger partial charge in [-0.1, -0.05) is 25.7 Å². The summed E-state index contributed by atoms with van der Waals surface area (Å²) in [7, 11) is 2.08. The lowest BCUT2D eigenvalue weighted by atomic mass is 10.1. The van der Waals surface area contributed by atoms with Gasteiger partial charge in [0, 0.05) is 37.5 Å². The molecule has 1 heterocycles. The highest BCUT2D eigenvalue weighted by atomic mass is 28.3. The molecule has 0 aliphatic carbocycles. The van der Waals surface area contributed by atoms with Crippen molar-refractivity contribution in [3.05, 3.63) is 41.5 Å². The van der Waals surface area contributed by atoms with E-state index < -0.39 is 31.9 Å². The van der Waals surface area contributed by atoms with Crippen LogP contribution in [0, 0.1) is 0 Å². The van der Waals surface area contributed by atoms with E-state index in [2.05, 4.69) is 25.0 Å². The maximum atomic E-state index is 12.5. The van der Waals surface area contributed by atoms with Gasteiger partial charge in [0.05, 0.1) is 19.5 Å². The van der Waals surface area contributed by atoms with E-state index >= 15 is 0 Å². The molecule has 0 saturated heterocycles. The molecule has 1 aromatic carbocycles. The van der Waals surface area contributed by atoms with E-state index in [1.165, 1.54) is 25.1 Å². The summed E-state index contributed by atoms with van der Waals surface area (Å²) < 4.78 is 6.16. The minimum atomic E-state index is -1.67. The van der Waals surface area contributed by atoms with Gasteiger partial charge in [-0.3, -0.25) is 5.32 Å². The summed E-state index contributed by atoms with van der Waals surface area (Å²) in [5, 5.41) is 22.1. The van der Waals surface area contributed by atoms with E-state index in [0.29, 0.717) is 16.0 Å². The van der Waals surface area contributed by atoms with Crippen LogP contribution in [0.1, 0.15) is 19.4 Å². The zero-order valence-electron chi connectivity index (χ0n) is 19.5. The average molecular weight is 462 g/mol. The van der Waals surface area contributed by atoms with Crippen LogP contribution in [-0.2, 0) is 9.53 Å². The van der Waals surface area contributed by atoms with E-state index in [9.17, 15) is 19.8 Å². The first-order valence-corrected chi connectivity index (χ1v) is 13.7. The number of hydrogen-bond donors (Lipinski definition) is 3. The normalized spacial score (nSPS) is 12.8. The summed E-state index contributed by atoms with van der Waals surface area (Å²) >= 11 is 0. The number of anilines is 2. The molecule has 174 valence electrons. The molecule has 32 heavy (non-hydrogen) atoms. The van der Waals surface area contributed by atoms with Gasteiger partial charge < -0.3 is 24.7 Å². The van der Waals surface area contributed by atoms with Crippen LogP contribution in [0.4, 0.5) is 16.2 Å². The third-order valence-electron chi connectivity index (χ3n) is 4.96. The topological polar surface area (TPSA) is 113 Å². The molecule has 9 nitrogen and oxygen atoms in total. The molecule has 0 aliphatic rings. The van der Waals surface area contributed by atoms with Crippen molar-refractivity contribution in [2.45, 2.75) is 39.2 Å². The molecule has 2 aromatic rings. The molecular formula is C22H31N3O6Si. The van der Waals surface area contributed by atoms with Crippen molar-refractivity contribution < 1.29 is 29.4 Å². The Morgan fingerprint density at radius 2 is 1.72 bits per heavy atom. The lowest BCUT2D eigenvalue weighted by molar-refractivity contribution is -0.140. The number of carbonyl (C=O) groups is 2.